The van der Waals surface area contributed by atoms with Gasteiger partial charge in [-0.1, -0.05) is 20.8 Å². The van der Waals surface area contributed by atoms with Crippen LogP contribution in [0.25, 0.3) is 0 Å². The van der Waals surface area contributed by atoms with Crippen molar-refractivity contribution in [2.45, 2.75) is 39.8 Å². The molecule has 1 aliphatic rings. The van der Waals surface area contributed by atoms with Gasteiger partial charge >= 0.3 is 0 Å². The summed E-state index contributed by atoms with van der Waals surface area (Å²) >= 11 is 1.78. The fourth-order valence-electron chi connectivity index (χ4n) is 2.57. The van der Waals surface area contributed by atoms with Crippen LogP contribution in [0.3, 0.4) is 0 Å². The van der Waals surface area contributed by atoms with E-state index in [-0.39, 0.29) is 0 Å². The van der Waals surface area contributed by atoms with Crippen molar-refractivity contribution >= 4 is 16.5 Å². The van der Waals surface area contributed by atoms with Crippen LogP contribution < -0.4 is 10.2 Å². The largest absolute Gasteiger partial charge is 0.345 e. The fourth-order valence-corrected chi connectivity index (χ4v) is 3.43. The normalized spacial score (nSPS) is 20.9. The Hall–Kier alpha value is -0.650. The lowest BCUT2D eigenvalue weighted by molar-refractivity contribution is 0.213. The monoisotopic (exact) mass is 296 g/mol. The van der Waals surface area contributed by atoms with E-state index in [0.717, 1.165) is 32.7 Å². The van der Waals surface area contributed by atoms with Gasteiger partial charge in [0.05, 0.1) is 5.69 Å². The molecule has 1 aromatic rings. The maximum Gasteiger partial charge on any atom is 0.185 e. The average molecular weight is 296 g/mol. The summed E-state index contributed by atoms with van der Waals surface area (Å²) in [5.41, 5.74) is 1.18. The molecule has 0 aliphatic carbocycles. The number of thiazole rings is 1. The molecule has 0 bridgehead atoms. The molecule has 0 spiro atoms. The quantitative estimate of drug-likeness (QED) is 0.873. The van der Waals surface area contributed by atoms with Crippen LogP contribution >= 0.6 is 11.3 Å². The van der Waals surface area contributed by atoms with Gasteiger partial charge in [-0.25, -0.2) is 4.98 Å². The van der Waals surface area contributed by atoms with E-state index in [0.29, 0.717) is 12.0 Å². The van der Waals surface area contributed by atoms with E-state index in [4.69, 9.17) is 4.98 Å². The van der Waals surface area contributed by atoms with Gasteiger partial charge in [-0.2, -0.15) is 0 Å². The summed E-state index contributed by atoms with van der Waals surface area (Å²) in [5, 5.41) is 6.85. The molecule has 1 saturated heterocycles. The lowest BCUT2D eigenvalue weighted by Gasteiger charge is -2.39. The van der Waals surface area contributed by atoms with Crippen LogP contribution in [0.2, 0.25) is 0 Å². The fraction of sp³-hybridized carbons (Fsp3) is 0.800. The van der Waals surface area contributed by atoms with Crippen molar-refractivity contribution in [3.8, 4) is 0 Å². The number of hydrogen-bond donors (Lipinski definition) is 1. The molecule has 1 fully saturated rings. The molecule has 0 aromatic carbocycles. The number of likely N-dealkylation sites (N-methyl/N-ethyl adjacent to an activating group) is 1. The van der Waals surface area contributed by atoms with Crippen LogP contribution in [0.5, 0.6) is 0 Å². The van der Waals surface area contributed by atoms with Crippen molar-refractivity contribution < 1.29 is 0 Å². The number of piperazine rings is 1. The van der Waals surface area contributed by atoms with Crippen LogP contribution in [0.15, 0.2) is 5.38 Å². The minimum absolute atomic E-state index is 0.662. The molecule has 4 nitrogen and oxygen atoms in total. The Bertz CT molecular complexity index is 404. The Morgan fingerprint density at radius 1 is 1.45 bits per heavy atom. The first kappa shape index (κ1) is 15.7. The van der Waals surface area contributed by atoms with Crippen molar-refractivity contribution in [1.82, 2.24) is 15.2 Å². The minimum atomic E-state index is 0.662. The van der Waals surface area contributed by atoms with Crippen molar-refractivity contribution in [2.75, 3.05) is 38.1 Å². The smallest absolute Gasteiger partial charge is 0.185 e. The lowest BCUT2D eigenvalue weighted by Crippen LogP contribution is -2.51. The molecule has 114 valence electrons. The second-order valence-corrected chi connectivity index (χ2v) is 6.97. The van der Waals surface area contributed by atoms with Crippen molar-refractivity contribution in [2.24, 2.45) is 5.92 Å². The van der Waals surface area contributed by atoms with Gasteiger partial charge in [-0.05, 0) is 25.9 Å². The highest BCUT2D eigenvalue weighted by molar-refractivity contribution is 7.13. The summed E-state index contributed by atoms with van der Waals surface area (Å²) in [4.78, 5) is 9.70. The average Bonchev–Trinajstić information content (AvgIpc) is 2.87. The van der Waals surface area contributed by atoms with Crippen molar-refractivity contribution in [3.63, 3.8) is 0 Å². The molecule has 2 rings (SSSR count). The number of rotatable bonds is 6. The van der Waals surface area contributed by atoms with E-state index in [1.165, 1.54) is 17.2 Å². The number of anilines is 1. The minimum Gasteiger partial charge on any atom is -0.345 e. The molecule has 5 heteroatoms. The number of hydrogen-bond acceptors (Lipinski definition) is 5. The van der Waals surface area contributed by atoms with Crippen LogP contribution in [-0.2, 0) is 6.54 Å². The summed E-state index contributed by atoms with van der Waals surface area (Å²) in [5.74, 6) is 0.691. The molecule has 0 saturated carbocycles. The summed E-state index contributed by atoms with van der Waals surface area (Å²) in [6.45, 7) is 12.0. The van der Waals surface area contributed by atoms with E-state index < -0.39 is 0 Å². The maximum atomic E-state index is 4.79. The van der Waals surface area contributed by atoms with Gasteiger partial charge in [-0.3, -0.25) is 4.90 Å². The van der Waals surface area contributed by atoms with E-state index in [1.54, 1.807) is 11.3 Å². The first-order valence-electron chi connectivity index (χ1n) is 7.70. The highest BCUT2D eigenvalue weighted by atomic mass is 32.1. The van der Waals surface area contributed by atoms with Gasteiger partial charge in [-0.15, -0.1) is 11.3 Å². The summed E-state index contributed by atoms with van der Waals surface area (Å²) in [7, 11) is 2.23. The molecule has 1 atom stereocenters. The lowest BCUT2D eigenvalue weighted by atomic mass is 10.1. The van der Waals surface area contributed by atoms with Gasteiger partial charge in [0, 0.05) is 37.6 Å². The third kappa shape index (κ3) is 4.17. The first-order chi connectivity index (χ1) is 9.60. The Labute approximate surface area is 127 Å². The summed E-state index contributed by atoms with van der Waals surface area (Å²) in [6.07, 6.45) is 1.21. The third-order valence-corrected chi connectivity index (χ3v) is 4.87. The SMILES string of the molecule is CCC1CN(c2nc(CNCC(C)C)cs2)CCN1C. The van der Waals surface area contributed by atoms with E-state index in [1.807, 2.05) is 0 Å². The third-order valence-electron chi connectivity index (χ3n) is 3.92. The van der Waals surface area contributed by atoms with E-state index in [9.17, 15) is 0 Å². The highest BCUT2D eigenvalue weighted by Gasteiger charge is 2.24. The molecule has 1 N–H and O–H groups in total. The molecule has 2 heterocycles. The Morgan fingerprint density at radius 3 is 2.95 bits per heavy atom. The zero-order chi connectivity index (χ0) is 14.5. The predicted octanol–water partition coefficient (Wildman–Crippen LogP) is 2.42. The number of nitrogens with zero attached hydrogens (tertiary/aromatic N) is 3. The molecular weight excluding hydrogens is 268 g/mol. The Kier molecular flexibility index (Phi) is 5.81. The van der Waals surface area contributed by atoms with Gasteiger partial charge in [0.1, 0.15) is 0 Å². The van der Waals surface area contributed by atoms with Gasteiger partial charge < -0.3 is 10.2 Å². The van der Waals surface area contributed by atoms with Crippen LogP contribution in [0.4, 0.5) is 5.13 Å². The Morgan fingerprint density at radius 2 is 2.25 bits per heavy atom. The standard InChI is InChI=1S/C15H28N4S/c1-5-14-10-19(7-6-18(14)4)15-17-13(11-20-15)9-16-8-12(2)3/h11-12,14,16H,5-10H2,1-4H3. The molecular formula is C15H28N4S. The molecule has 0 radical (unpaired) electrons. The topological polar surface area (TPSA) is 31.4 Å². The van der Waals surface area contributed by atoms with Crippen LogP contribution in [0, 0.1) is 5.92 Å². The van der Waals surface area contributed by atoms with Gasteiger partial charge in [0.2, 0.25) is 0 Å². The van der Waals surface area contributed by atoms with Gasteiger partial charge in [0.15, 0.2) is 5.13 Å². The zero-order valence-corrected chi connectivity index (χ0v) is 14.0. The number of nitrogens with one attached hydrogen (secondary N) is 1. The summed E-state index contributed by atoms with van der Waals surface area (Å²) in [6, 6.07) is 0.662. The van der Waals surface area contributed by atoms with E-state index in [2.05, 4.69) is 48.3 Å². The van der Waals surface area contributed by atoms with Crippen LogP contribution in [-0.4, -0.2) is 49.2 Å². The Balaban J connectivity index is 1.88. The molecule has 1 aromatic heterocycles. The van der Waals surface area contributed by atoms with Gasteiger partial charge in [0.25, 0.3) is 0 Å². The zero-order valence-electron chi connectivity index (χ0n) is 13.2. The second-order valence-electron chi connectivity index (χ2n) is 6.13. The predicted molar refractivity (Wildman–Crippen MR) is 87.6 cm³/mol. The molecule has 1 unspecified atom stereocenters. The van der Waals surface area contributed by atoms with Crippen LogP contribution in [0.1, 0.15) is 32.9 Å². The number of aromatic nitrogens is 1. The van der Waals surface area contributed by atoms with Crippen molar-refractivity contribution in [3.05, 3.63) is 11.1 Å². The summed E-state index contributed by atoms with van der Waals surface area (Å²) < 4.78 is 0. The molecule has 1 aliphatic heterocycles. The maximum absolute atomic E-state index is 4.79. The van der Waals surface area contributed by atoms with E-state index >= 15 is 0 Å². The molecule has 0 amide bonds. The highest BCUT2D eigenvalue weighted by Crippen LogP contribution is 2.23. The second kappa shape index (κ2) is 7.38. The molecule has 20 heavy (non-hydrogen) atoms. The first-order valence-corrected chi connectivity index (χ1v) is 8.58. The van der Waals surface area contributed by atoms with Crippen molar-refractivity contribution in [1.29, 1.82) is 0 Å².